The molecule has 5 rings (SSSR count). The highest BCUT2D eigenvalue weighted by molar-refractivity contribution is 7.55. The molecule has 8 heteroatoms. The van der Waals surface area contributed by atoms with Crippen molar-refractivity contribution in [3.8, 4) is 0 Å². The summed E-state index contributed by atoms with van der Waals surface area (Å²) in [7, 11) is -1.39. The Bertz CT molecular complexity index is 1030. The molecule has 2 aromatic rings. The molecule has 0 unspecified atom stereocenters. The van der Waals surface area contributed by atoms with E-state index in [4.69, 9.17) is 13.8 Å². The van der Waals surface area contributed by atoms with Crippen molar-refractivity contribution < 1.29 is 27.9 Å². The van der Waals surface area contributed by atoms with Crippen LogP contribution in [0.2, 0.25) is 0 Å². The summed E-state index contributed by atoms with van der Waals surface area (Å²) in [6, 6.07) is 15.9. The molecule has 0 saturated carbocycles. The standard InChI is InChI=1S/C20H18NO6P/c1-25-28(24,26-2)20-14-11-7-6-10-13(14)17(27-20)15-16(20)19(23)21(18(15)22)12-8-4-3-5-9-12/h3-11,15-17H,1-2H3/t15-,16-,17-,20-/m0/s1. The monoisotopic (exact) mass is 399 g/mol. The molecule has 2 amide bonds. The predicted octanol–water partition coefficient (Wildman–Crippen LogP) is 3.22. The van der Waals surface area contributed by atoms with Crippen LogP contribution in [0.1, 0.15) is 17.2 Å². The number of hydrogen-bond acceptors (Lipinski definition) is 6. The van der Waals surface area contributed by atoms with Crippen LogP contribution in [0, 0.1) is 11.8 Å². The average Bonchev–Trinajstić information content (AvgIpc) is 3.36. The Hall–Kier alpha value is -2.31. The molecule has 3 aliphatic rings. The first kappa shape index (κ1) is 17.8. The second-order valence-corrected chi connectivity index (χ2v) is 9.43. The van der Waals surface area contributed by atoms with Crippen molar-refractivity contribution in [3.63, 3.8) is 0 Å². The molecule has 144 valence electrons. The van der Waals surface area contributed by atoms with Crippen molar-refractivity contribution in [1.82, 2.24) is 0 Å². The molecular weight excluding hydrogens is 381 g/mol. The topological polar surface area (TPSA) is 82.1 Å². The molecule has 0 N–H and O–H groups in total. The lowest BCUT2D eigenvalue weighted by Crippen LogP contribution is -2.40. The third-order valence-electron chi connectivity index (χ3n) is 5.96. The number of amides is 2. The van der Waals surface area contributed by atoms with Gasteiger partial charge >= 0.3 is 7.60 Å². The van der Waals surface area contributed by atoms with Crippen LogP contribution in [0.4, 0.5) is 5.69 Å². The fourth-order valence-corrected chi connectivity index (χ4v) is 6.91. The molecule has 2 fully saturated rings. The van der Waals surface area contributed by atoms with E-state index in [1.165, 1.54) is 19.1 Å². The van der Waals surface area contributed by atoms with Crippen LogP contribution >= 0.6 is 7.60 Å². The van der Waals surface area contributed by atoms with E-state index in [2.05, 4.69) is 0 Å². The molecule has 0 aliphatic carbocycles. The Morgan fingerprint density at radius 1 is 0.964 bits per heavy atom. The summed E-state index contributed by atoms with van der Waals surface area (Å²) in [5.74, 6) is -2.57. The van der Waals surface area contributed by atoms with Crippen LogP contribution in [-0.4, -0.2) is 26.0 Å². The second-order valence-electron chi connectivity index (χ2n) is 7.04. The number of anilines is 1. The van der Waals surface area contributed by atoms with Gasteiger partial charge in [-0.2, -0.15) is 0 Å². The molecule has 7 nitrogen and oxygen atoms in total. The molecule has 0 radical (unpaired) electrons. The van der Waals surface area contributed by atoms with Crippen LogP contribution in [0.3, 0.4) is 0 Å². The number of carbonyl (C=O) groups is 2. The fraction of sp³-hybridized carbons (Fsp3) is 0.300. The van der Waals surface area contributed by atoms with E-state index in [0.717, 1.165) is 5.56 Å². The minimum Gasteiger partial charge on any atom is -0.348 e. The maximum absolute atomic E-state index is 13.7. The lowest BCUT2D eigenvalue weighted by atomic mass is 9.77. The van der Waals surface area contributed by atoms with Crippen molar-refractivity contribution in [3.05, 3.63) is 65.7 Å². The Labute approximate surface area is 161 Å². The molecular formula is C20H18NO6P. The quantitative estimate of drug-likeness (QED) is 0.580. The minimum atomic E-state index is -3.92. The van der Waals surface area contributed by atoms with Crippen molar-refractivity contribution in [2.45, 2.75) is 11.4 Å². The van der Waals surface area contributed by atoms with E-state index >= 15 is 0 Å². The molecule has 2 aromatic carbocycles. The Morgan fingerprint density at radius 3 is 2.29 bits per heavy atom. The van der Waals surface area contributed by atoms with Gasteiger partial charge in [-0.3, -0.25) is 14.2 Å². The molecule has 2 bridgehead atoms. The van der Waals surface area contributed by atoms with Gasteiger partial charge in [0.1, 0.15) is 0 Å². The van der Waals surface area contributed by atoms with Crippen molar-refractivity contribution in [1.29, 1.82) is 0 Å². The van der Waals surface area contributed by atoms with Gasteiger partial charge in [0, 0.05) is 19.8 Å². The highest BCUT2D eigenvalue weighted by Gasteiger charge is 2.78. The number of hydrogen-bond donors (Lipinski definition) is 0. The van der Waals surface area contributed by atoms with Crippen LogP contribution in [0.5, 0.6) is 0 Å². The number of para-hydroxylation sites is 1. The average molecular weight is 399 g/mol. The lowest BCUT2D eigenvalue weighted by molar-refractivity contribution is -0.127. The number of nitrogens with zero attached hydrogens (tertiary/aromatic N) is 1. The van der Waals surface area contributed by atoms with Crippen LogP contribution in [0.15, 0.2) is 54.6 Å². The van der Waals surface area contributed by atoms with Gasteiger partial charge in [0.2, 0.25) is 17.2 Å². The fourth-order valence-electron chi connectivity index (χ4n) is 4.87. The van der Waals surface area contributed by atoms with Crippen molar-refractivity contribution in [2.24, 2.45) is 11.8 Å². The van der Waals surface area contributed by atoms with E-state index in [1.807, 2.05) is 18.2 Å². The molecule has 3 heterocycles. The van der Waals surface area contributed by atoms with E-state index in [9.17, 15) is 14.2 Å². The van der Waals surface area contributed by atoms with Gasteiger partial charge in [-0.05, 0) is 17.7 Å². The van der Waals surface area contributed by atoms with Gasteiger partial charge in [-0.15, -0.1) is 0 Å². The first-order chi connectivity index (χ1) is 13.5. The molecule has 0 spiro atoms. The van der Waals surface area contributed by atoms with E-state index in [1.54, 1.807) is 36.4 Å². The summed E-state index contributed by atoms with van der Waals surface area (Å²) in [6.45, 7) is 0. The van der Waals surface area contributed by atoms with Gasteiger partial charge in [0.15, 0.2) is 0 Å². The highest BCUT2D eigenvalue weighted by atomic mass is 31.2. The number of benzene rings is 2. The van der Waals surface area contributed by atoms with Crippen molar-refractivity contribution >= 4 is 25.1 Å². The Kier molecular flexibility index (Phi) is 3.71. The number of ether oxygens (including phenoxy) is 1. The largest absolute Gasteiger partial charge is 0.367 e. The molecule has 28 heavy (non-hydrogen) atoms. The molecule has 0 aromatic heterocycles. The van der Waals surface area contributed by atoms with Crippen LogP contribution < -0.4 is 4.90 Å². The number of carbonyl (C=O) groups excluding carboxylic acids is 2. The van der Waals surface area contributed by atoms with Gasteiger partial charge in [-0.1, -0.05) is 42.5 Å². The second kappa shape index (κ2) is 5.84. The van der Waals surface area contributed by atoms with E-state index < -0.39 is 36.8 Å². The zero-order chi connectivity index (χ0) is 19.7. The maximum atomic E-state index is 13.7. The predicted molar refractivity (Wildman–Crippen MR) is 99.5 cm³/mol. The van der Waals surface area contributed by atoms with E-state index in [-0.39, 0.29) is 5.91 Å². The normalized spacial score (nSPS) is 30.6. The summed E-state index contributed by atoms with van der Waals surface area (Å²) < 4.78 is 30.5. The summed E-state index contributed by atoms with van der Waals surface area (Å²) >= 11 is 0. The molecule has 3 aliphatic heterocycles. The van der Waals surface area contributed by atoms with Gasteiger partial charge in [0.05, 0.1) is 23.6 Å². The summed E-state index contributed by atoms with van der Waals surface area (Å²) in [4.78, 5) is 27.9. The summed E-state index contributed by atoms with van der Waals surface area (Å²) in [5, 5.41) is -1.64. The Balaban J connectivity index is 1.74. The zero-order valence-electron chi connectivity index (χ0n) is 15.3. The highest BCUT2D eigenvalue weighted by Crippen LogP contribution is 2.79. The zero-order valence-corrected chi connectivity index (χ0v) is 16.2. The minimum absolute atomic E-state index is 0.360. The maximum Gasteiger partial charge on any atom is 0.367 e. The smallest absolute Gasteiger partial charge is 0.348 e. The first-order valence-electron chi connectivity index (χ1n) is 8.92. The molecule has 4 atom stereocenters. The summed E-state index contributed by atoms with van der Waals surface area (Å²) in [5.41, 5.74) is 1.81. The third kappa shape index (κ3) is 1.87. The van der Waals surface area contributed by atoms with E-state index in [0.29, 0.717) is 11.3 Å². The summed E-state index contributed by atoms with van der Waals surface area (Å²) in [6.07, 6.45) is -0.676. The first-order valence-corrected chi connectivity index (χ1v) is 10.5. The number of imide groups is 1. The van der Waals surface area contributed by atoms with Gasteiger partial charge in [0.25, 0.3) is 0 Å². The SMILES string of the molecule is COP(=O)(OC)[C@@]12O[C@@H](c3ccccc31)[C@H]1C(=O)N(c3ccccc3)C(=O)[C@H]12. The number of fused-ring (bicyclic) bond motifs is 8. The van der Waals surface area contributed by atoms with Crippen LogP contribution in [0.25, 0.3) is 0 Å². The lowest BCUT2D eigenvalue weighted by Gasteiger charge is -2.36. The number of rotatable bonds is 4. The Morgan fingerprint density at radius 2 is 1.61 bits per heavy atom. The third-order valence-corrected chi connectivity index (χ3v) is 8.36. The van der Waals surface area contributed by atoms with Crippen molar-refractivity contribution in [2.75, 3.05) is 19.1 Å². The molecule has 2 saturated heterocycles. The van der Waals surface area contributed by atoms with Gasteiger partial charge in [-0.25, -0.2) is 4.90 Å². The van der Waals surface area contributed by atoms with Gasteiger partial charge < -0.3 is 13.8 Å². The van der Waals surface area contributed by atoms with Crippen LogP contribution in [-0.2, 0) is 33.3 Å².